The van der Waals surface area contributed by atoms with Crippen molar-refractivity contribution in [3.8, 4) is 11.1 Å². The summed E-state index contributed by atoms with van der Waals surface area (Å²) in [5.41, 5.74) is 3.32. The number of fused-ring (bicyclic) bond motifs is 1. The second kappa shape index (κ2) is 7.13. The molecule has 1 aliphatic rings. The molecule has 0 radical (unpaired) electrons. The molecule has 1 aromatic carbocycles. The highest BCUT2D eigenvalue weighted by Crippen LogP contribution is 2.48. The number of ether oxygens (including phenoxy) is 1. The molecule has 1 saturated carbocycles. The quantitative estimate of drug-likeness (QED) is 0.685. The van der Waals surface area contributed by atoms with Gasteiger partial charge in [-0.3, -0.25) is 4.79 Å². The Hall–Kier alpha value is -2.54. The minimum atomic E-state index is -2.60. The van der Waals surface area contributed by atoms with E-state index < -0.39 is 5.92 Å². The predicted molar refractivity (Wildman–Crippen MR) is 104 cm³/mol. The highest BCUT2D eigenvalue weighted by atomic mass is 19.3. The van der Waals surface area contributed by atoms with Crippen molar-refractivity contribution < 1.29 is 13.5 Å². The summed E-state index contributed by atoms with van der Waals surface area (Å²) in [4.78, 5) is 18.7. The first-order valence-electron chi connectivity index (χ1n) is 9.55. The van der Waals surface area contributed by atoms with Crippen LogP contribution in [0, 0.1) is 0 Å². The zero-order chi connectivity index (χ0) is 19.9. The van der Waals surface area contributed by atoms with Gasteiger partial charge >= 0.3 is 0 Å². The first kappa shape index (κ1) is 18.8. The third-order valence-corrected chi connectivity index (χ3v) is 5.24. The number of pyridine rings is 1. The number of benzene rings is 1. The van der Waals surface area contributed by atoms with Crippen LogP contribution in [0.3, 0.4) is 0 Å². The van der Waals surface area contributed by atoms with Gasteiger partial charge in [-0.15, -0.1) is 0 Å². The molecule has 3 aromatic rings. The Morgan fingerprint density at radius 3 is 2.68 bits per heavy atom. The number of imidazole rings is 1. The van der Waals surface area contributed by atoms with Gasteiger partial charge < -0.3 is 14.3 Å². The van der Waals surface area contributed by atoms with Crippen LogP contribution in [0.5, 0.6) is 0 Å². The summed E-state index contributed by atoms with van der Waals surface area (Å²) < 4.78 is 34.6. The lowest BCUT2D eigenvalue weighted by molar-refractivity contribution is -0.0892. The summed E-state index contributed by atoms with van der Waals surface area (Å²) in [5, 5.41) is 0. The molecule has 1 atom stereocenters. The van der Waals surface area contributed by atoms with Gasteiger partial charge in [0.2, 0.25) is 11.5 Å². The smallest absolute Gasteiger partial charge is 0.249 e. The lowest BCUT2D eigenvalue weighted by atomic mass is 9.80. The van der Waals surface area contributed by atoms with E-state index in [-0.39, 0.29) is 30.4 Å². The maximum Gasteiger partial charge on any atom is 0.249 e. The highest BCUT2D eigenvalue weighted by Gasteiger charge is 2.48. The maximum absolute atomic E-state index is 13.5. The summed E-state index contributed by atoms with van der Waals surface area (Å²) in [6.07, 6.45) is 1.29. The lowest BCUT2D eigenvalue weighted by Crippen LogP contribution is -2.35. The van der Waals surface area contributed by atoms with Gasteiger partial charge in [-0.2, -0.15) is 0 Å². The monoisotopic (exact) mass is 387 g/mol. The number of alkyl halides is 2. The van der Waals surface area contributed by atoms with Gasteiger partial charge in [0.05, 0.1) is 23.7 Å². The fraction of sp³-hybridized carbons (Fsp3) is 0.429. The van der Waals surface area contributed by atoms with E-state index in [4.69, 9.17) is 4.74 Å². The number of hydrogen-bond donors (Lipinski definition) is 1. The molecule has 7 heteroatoms. The molecule has 0 bridgehead atoms. The number of hydrogen-bond acceptors (Lipinski definition) is 3. The molecule has 28 heavy (non-hydrogen) atoms. The van der Waals surface area contributed by atoms with Crippen molar-refractivity contribution in [3.05, 3.63) is 52.7 Å². The van der Waals surface area contributed by atoms with Gasteiger partial charge in [0.15, 0.2) is 0 Å². The largest absolute Gasteiger partial charge is 0.377 e. The van der Waals surface area contributed by atoms with Crippen LogP contribution >= 0.6 is 0 Å². The standard InChI is InChI=1S/C21H23F2N3O2/c1-3-28-13(2)12-26-18-8-14(15-5-7-19(27)24-11-15)4-6-17(18)25-20(26)16-9-21(22,23)10-16/h4-8,11,13,16H,3,9-10,12H2,1-2H3,(H,24,27)/t13-/m1/s1. The average Bonchev–Trinajstić information content (AvgIpc) is 2.98. The van der Waals surface area contributed by atoms with Crippen LogP contribution in [0.4, 0.5) is 8.78 Å². The molecule has 0 aliphatic heterocycles. The van der Waals surface area contributed by atoms with Gasteiger partial charge in [0.1, 0.15) is 5.82 Å². The van der Waals surface area contributed by atoms with Crippen molar-refractivity contribution in [2.24, 2.45) is 0 Å². The number of nitrogens with one attached hydrogen (secondary N) is 1. The van der Waals surface area contributed by atoms with E-state index in [1.807, 2.05) is 36.6 Å². The van der Waals surface area contributed by atoms with Gasteiger partial charge in [0, 0.05) is 37.6 Å². The topological polar surface area (TPSA) is 59.9 Å². The van der Waals surface area contributed by atoms with E-state index in [9.17, 15) is 13.6 Å². The molecule has 2 aromatic heterocycles. The zero-order valence-electron chi connectivity index (χ0n) is 15.9. The molecule has 2 heterocycles. The molecule has 0 amide bonds. The molecule has 148 valence electrons. The summed E-state index contributed by atoms with van der Waals surface area (Å²) in [7, 11) is 0. The Labute approximate surface area is 161 Å². The zero-order valence-corrected chi connectivity index (χ0v) is 15.9. The summed E-state index contributed by atoms with van der Waals surface area (Å²) in [6.45, 7) is 5.05. The molecule has 0 spiro atoms. The Balaban J connectivity index is 1.77. The molecule has 1 fully saturated rings. The number of H-pyrrole nitrogens is 1. The van der Waals surface area contributed by atoms with Gasteiger partial charge in [-0.05, 0) is 43.2 Å². The molecule has 0 saturated heterocycles. The second-order valence-corrected chi connectivity index (χ2v) is 7.45. The summed E-state index contributed by atoms with van der Waals surface area (Å²) in [6, 6.07) is 9.07. The third kappa shape index (κ3) is 3.58. The molecular formula is C21H23F2N3O2. The van der Waals surface area contributed by atoms with Crippen molar-refractivity contribution in [2.75, 3.05) is 6.61 Å². The van der Waals surface area contributed by atoms with Crippen LogP contribution in [-0.2, 0) is 11.3 Å². The van der Waals surface area contributed by atoms with E-state index in [0.717, 1.165) is 22.2 Å². The van der Waals surface area contributed by atoms with Crippen LogP contribution < -0.4 is 5.56 Å². The molecule has 4 rings (SSSR count). The summed E-state index contributed by atoms with van der Waals surface area (Å²) in [5.74, 6) is -2.14. The molecular weight excluding hydrogens is 364 g/mol. The van der Waals surface area contributed by atoms with Crippen LogP contribution in [0.2, 0.25) is 0 Å². The Morgan fingerprint density at radius 1 is 1.29 bits per heavy atom. The number of nitrogens with zero attached hydrogens (tertiary/aromatic N) is 2. The molecule has 5 nitrogen and oxygen atoms in total. The fourth-order valence-electron chi connectivity index (χ4n) is 3.85. The van der Waals surface area contributed by atoms with E-state index in [0.29, 0.717) is 19.0 Å². The number of rotatable bonds is 6. The fourth-order valence-corrected chi connectivity index (χ4v) is 3.85. The normalized spacial score (nSPS) is 17.6. The van der Waals surface area contributed by atoms with Crippen molar-refractivity contribution in [2.45, 2.75) is 51.2 Å². The first-order valence-corrected chi connectivity index (χ1v) is 9.55. The summed E-state index contributed by atoms with van der Waals surface area (Å²) >= 11 is 0. The van der Waals surface area contributed by atoms with Crippen molar-refractivity contribution in [3.63, 3.8) is 0 Å². The van der Waals surface area contributed by atoms with Gasteiger partial charge in [0.25, 0.3) is 0 Å². The van der Waals surface area contributed by atoms with Crippen LogP contribution in [0.1, 0.15) is 38.4 Å². The average molecular weight is 387 g/mol. The minimum absolute atomic E-state index is 0.0570. The van der Waals surface area contributed by atoms with E-state index in [1.165, 1.54) is 6.07 Å². The highest BCUT2D eigenvalue weighted by molar-refractivity contribution is 5.82. The molecule has 1 aliphatic carbocycles. The molecule has 1 N–H and O–H groups in total. The minimum Gasteiger partial charge on any atom is -0.377 e. The predicted octanol–water partition coefficient (Wildman–Crippen LogP) is 4.33. The van der Waals surface area contributed by atoms with Crippen molar-refractivity contribution in [1.29, 1.82) is 0 Å². The van der Waals surface area contributed by atoms with Crippen LogP contribution in [-0.4, -0.2) is 33.2 Å². The van der Waals surface area contributed by atoms with Gasteiger partial charge in [-0.25, -0.2) is 13.8 Å². The Morgan fingerprint density at radius 2 is 2.04 bits per heavy atom. The molecule has 0 unspecified atom stereocenters. The number of aromatic amines is 1. The van der Waals surface area contributed by atoms with E-state index in [2.05, 4.69) is 9.97 Å². The maximum atomic E-state index is 13.5. The number of halogens is 2. The lowest BCUT2D eigenvalue weighted by Gasteiger charge is -2.34. The van der Waals surface area contributed by atoms with Crippen LogP contribution in [0.25, 0.3) is 22.2 Å². The second-order valence-electron chi connectivity index (χ2n) is 7.45. The van der Waals surface area contributed by atoms with Crippen molar-refractivity contribution in [1.82, 2.24) is 14.5 Å². The third-order valence-electron chi connectivity index (χ3n) is 5.24. The first-order chi connectivity index (χ1) is 13.4. The number of aromatic nitrogens is 3. The Bertz CT molecular complexity index is 1030. The van der Waals surface area contributed by atoms with E-state index >= 15 is 0 Å². The van der Waals surface area contributed by atoms with E-state index in [1.54, 1.807) is 12.3 Å². The van der Waals surface area contributed by atoms with Crippen molar-refractivity contribution >= 4 is 11.0 Å². The SMILES string of the molecule is CCO[C@H](C)Cn1c(C2CC(F)(F)C2)nc2ccc(-c3ccc(=O)[nH]c3)cc21. The Kier molecular flexibility index (Phi) is 4.79. The van der Waals surface area contributed by atoms with Crippen LogP contribution in [0.15, 0.2) is 41.3 Å². The van der Waals surface area contributed by atoms with Gasteiger partial charge in [-0.1, -0.05) is 6.07 Å².